The summed E-state index contributed by atoms with van der Waals surface area (Å²) in [6.07, 6.45) is 4.46. The molecule has 0 aliphatic carbocycles. The first-order valence-corrected chi connectivity index (χ1v) is 8.32. The standard InChI is InChI=1S/C17H35NO3/c1-6-7-8-11-20-13-17(4,5)14-21-12-9-10-18-16(19)15(2)3/h15H,6-14H2,1-5H3,(H,18,19). The summed E-state index contributed by atoms with van der Waals surface area (Å²) in [4.78, 5) is 11.4. The molecule has 0 spiro atoms. The van der Waals surface area contributed by atoms with E-state index in [9.17, 15) is 4.79 Å². The molecule has 0 saturated carbocycles. The summed E-state index contributed by atoms with van der Waals surface area (Å²) in [5.74, 6) is 0.158. The Morgan fingerprint density at radius 1 is 1.05 bits per heavy atom. The minimum absolute atomic E-state index is 0.0490. The van der Waals surface area contributed by atoms with Gasteiger partial charge in [-0.1, -0.05) is 47.5 Å². The molecule has 0 aliphatic rings. The zero-order valence-corrected chi connectivity index (χ0v) is 14.7. The van der Waals surface area contributed by atoms with Crippen molar-refractivity contribution in [2.24, 2.45) is 11.3 Å². The molecule has 0 radical (unpaired) electrons. The Balaban J connectivity index is 3.50. The van der Waals surface area contributed by atoms with Gasteiger partial charge in [0.05, 0.1) is 13.2 Å². The van der Waals surface area contributed by atoms with Gasteiger partial charge in [0.1, 0.15) is 0 Å². The van der Waals surface area contributed by atoms with Gasteiger partial charge in [0, 0.05) is 31.1 Å². The van der Waals surface area contributed by atoms with Crippen molar-refractivity contribution in [2.45, 2.75) is 60.3 Å². The van der Waals surface area contributed by atoms with Gasteiger partial charge in [0.2, 0.25) is 5.91 Å². The van der Waals surface area contributed by atoms with Crippen LogP contribution in [0, 0.1) is 11.3 Å². The number of hydrogen-bond donors (Lipinski definition) is 1. The van der Waals surface area contributed by atoms with Crippen molar-refractivity contribution in [3.63, 3.8) is 0 Å². The van der Waals surface area contributed by atoms with Gasteiger partial charge in [0.15, 0.2) is 0 Å². The Labute approximate surface area is 131 Å². The number of nitrogens with one attached hydrogen (secondary N) is 1. The van der Waals surface area contributed by atoms with Gasteiger partial charge >= 0.3 is 0 Å². The Morgan fingerprint density at radius 2 is 1.62 bits per heavy atom. The van der Waals surface area contributed by atoms with E-state index in [1.54, 1.807) is 0 Å². The van der Waals surface area contributed by atoms with Crippen molar-refractivity contribution in [3.05, 3.63) is 0 Å². The second-order valence-electron chi connectivity index (χ2n) is 6.78. The van der Waals surface area contributed by atoms with Crippen LogP contribution < -0.4 is 5.32 Å². The highest BCUT2D eigenvalue weighted by molar-refractivity contribution is 5.77. The number of rotatable bonds is 13. The minimum Gasteiger partial charge on any atom is -0.381 e. The molecule has 1 amide bonds. The fourth-order valence-electron chi connectivity index (χ4n) is 1.78. The normalized spacial score (nSPS) is 11.9. The van der Waals surface area contributed by atoms with E-state index in [1.165, 1.54) is 12.8 Å². The molecule has 21 heavy (non-hydrogen) atoms. The molecule has 0 aromatic rings. The van der Waals surface area contributed by atoms with E-state index in [4.69, 9.17) is 9.47 Å². The highest BCUT2D eigenvalue weighted by atomic mass is 16.5. The van der Waals surface area contributed by atoms with Crippen LogP contribution in [0.25, 0.3) is 0 Å². The van der Waals surface area contributed by atoms with Crippen LogP contribution in [0.4, 0.5) is 0 Å². The molecule has 126 valence electrons. The predicted molar refractivity (Wildman–Crippen MR) is 87.4 cm³/mol. The minimum atomic E-state index is 0.0490. The zero-order valence-electron chi connectivity index (χ0n) is 14.7. The summed E-state index contributed by atoms with van der Waals surface area (Å²) in [6, 6.07) is 0. The van der Waals surface area contributed by atoms with E-state index in [2.05, 4.69) is 26.1 Å². The van der Waals surface area contributed by atoms with Crippen LogP contribution in [-0.2, 0) is 14.3 Å². The van der Waals surface area contributed by atoms with Crippen LogP contribution >= 0.6 is 0 Å². The molecule has 0 rings (SSSR count). The molecule has 0 atom stereocenters. The summed E-state index contributed by atoms with van der Waals surface area (Å²) in [7, 11) is 0. The van der Waals surface area contributed by atoms with Gasteiger partial charge in [0.25, 0.3) is 0 Å². The number of ether oxygens (including phenoxy) is 2. The fourth-order valence-corrected chi connectivity index (χ4v) is 1.78. The average Bonchev–Trinajstić information content (AvgIpc) is 2.41. The van der Waals surface area contributed by atoms with Crippen molar-refractivity contribution in [2.75, 3.05) is 33.0 Å². The number of carbonyl (C=O) groups excluding carboxylic acids is 1. The zero-order chi connectivity index (χ0) is 16.1. The number of amides is 1. The largest absolute Gasteiger partial charge is 0.381 e. The third kappa shape index (κ3) is 12.8. The summed E-state index contributed by atoms with van der Waals surface area (Å²) in [6.45, 7) is 14.0. The van der Waals surface area contributed by atoms with Gasteiger partial charge in [-0.2, -0.15) is 0 Å². The summed E-state index contributed by atoms with van der Waals surface area (Å²) in [5, 5.41) is 2.89. The molecule has 0 bridgehead atoms. The van der Waals surface area contributed by atoms with Gasteiger partial charge < -0.3 is 14.8 Å². The van der Waals surface area contributed by atoms with E-state index in [1.807, 2.05) is 13.8 Å². The van der Waals surface area contributed by atoms with Crippen LogP contribution in [0.5, 0.6) is 0 Å². The quantitative estimate of drug-likeness (QED) is 0.530. The molecule has 0 aromatic heterocycles. The SMILES string of the molecule is CCCCCOCC(C)(C)COCCCNC(=O)C(C)C. The molecule has 0 aliphatic heterocycles. The van der Waals surface area contributed by atoms with Gasteiger partial charge in [-0.25, -0.2) is 0 Å². The molecular formula is C17H35NO3. The van der Waals surface area contributed by atoms with Crippen LogP contribution in [0.2, 0.25) is 0 Å². The molecular weight excluding hydrogens is 266 g/mol. The van der Waals surface area contributed by atoms with Crippen LogP contribution in [0.1, 0.15) is 60.3 Å². The molecule has 0 unspecified atom stereocenters. The van der Waals surface area contributed by atoms with Crippen molar-refractivity contribution < 1.29 is 14.3 Å². The molecule has 0 heterocycles. The van der Waals surface area contributed by atoms with E-state index in [0.717, 1.165) is 26.1 Å². The van der Waals surface area contributed by atoms with Gasteiger partial charge in [-0.05, 0) is 12.8 Å². The van der Waals surface area contributed by atoms with E-state index in [-0.39, 0.29) is 17.2 Å². The third-order valence-electron chi connectivity index (χ3n) is 3.17. The maximum absolute atomic E-state index is 11.4. The van der Waals surface area contributed by atoms with Gasteiger partial charge in [-0.3, -0.25) is 4.79 Å². The first kappa shape index (κ1) is 20.4. The highest BCUT2D eigenvalue weighted by Gasteiger charge is 2.18. The van der Waals surface area contributed by atoms with Crippen LogP contribution in [0.3, 0.4) is 0 Å². The lowest BCUT2D eigenvalue weighted by molar-refractivity contribution is -0.124. The molecule has 1 N–H and O–H groups in total. The maximum atomic E-state index is 11.4. The molecule has 0 fully saturated rings. The van der Waals surface area contributed by atoms with Crippen LogP contribution in [0.15, 0.2) is 0 Å². The number of hydrogen-bond acceptors (Lipinski definition) is 3. The molecule has 4 nitrogen and oxygen atoms in total. The highest BCUT2D eigenvalue weighted by Crippen LogP contribution is 2.16. The molecule has 0 saturated heterocycles. The topological polar surface area (TPSA) is 47.6 Å². The Morgan fingerprint density at radius 3 is 2.14 bits per heavy atom. The van der Waals surface area contributed by atoms with E-state index in [0.29, 0.717) is 19.8 Å². The lowest BCUT2D eigenvalue weighted by Crippen LogP contribution is -2.30. The van der Waals surface area contributed by atoms with Crippen LogP contribution in [-0.4, -0.2) is 38.9 Å². The Kier molecular flexibility index (Phi) is 11.6. The van der Waals surface area contributed by atoms with E-state index < -0.39 is 0 Å². The van der Waals surface area contributed by atoms with E-state index >= 15 is 0 Å². The number of unbranched alkanes of at least 4 members (excludes halogenated alkanes) is 2. The van der Waals surface area contributed by atoms with Crippen molar-refractivity contribution >= 4 is 5.91 Å². The van der Waals surface area contributed by atoms with Crippen molar-refractivity contribution in [3.8, 4) is 0 Å². The lowest BCUT2D eigenvalue weighted by Gasteiger charge is -2.24. The lowest BCUT2D eigenvalue weighted by atomic mass is 9.96. The number of carbonyl (C=O) groups is 1. The summed E-state index contributed by atoms with van der Waals surface area (Å²) < 4.78 is 11.4. The van der Waals surface area contributed by atoms with Crippen molar-refractivity contribution in [1.29, 1.82) is 0 Å². The summed E-state index contributed by atoms with van der Waals surface area (Å²) in [5.41, 5.74) is 0.0490. The predicted octanol–water partition coefficient (Wildman–Crippen LogP) is 3.40. The first-order valence-electron chi connectivity index (χ1n) is 8.32. The molecule has 0 aromatic carbocycles. The first-order chi connectivity index (χ1) is 9.89. The average molecular weight is 301 g/mol. The smallest absolute Gasteiger partial charge is 0.222 e. The monoisotopic (exact) mass is 301 g/mol. The molecule has 4 heteroatoms. The Bertz CT molecular complexity index is 265. The Hall–Kier alpha value is -0.610. The second kappa shape index (κ2) is 12.0. The fraction of sp³-hybridized carbons (Fsp3) is 0.941. The van der Waals surface area contributed by atoms with Gasteiger partial charge in [-0.15, -0.1) is 0 Å². The van der Waals surface area contributed by atoms with Crippen molar-refractivity contribution in [1.82, 2.24) is 5.32 Å². The maximum Gasteiger partial charge on any atom is 0.222 e. The second-order valence-corrected chi connectivity index (χ2v) is 6.78. The summed E-state index contributed by atoms with van der Waals surface area (Å²) >= 11 is 0. The third-order valence-corrected chi connectivity index (χ3v) is 3.17.